The zero-order valence-electron chi connectivity index (χ0n) is 16.4. The van der Waals surface area contributed by atoms with E-state index < -0.39 is 0 Å². The van der Waals surface area contributed by atoms with Gasteiger partial charge in [-0.25, -0.2) is 0 Å². The molecule has 3 aliphatic rings. The summed E-state index contributed by atoms with van der Waals surface area (Å²) in [4.78, 5) is 4.75. The van der Waals surface area contributed by atoms with E-state index in [4.69, 9.17) is 16.3 Å². The molecule has 0 spiro atoms. The molecule has 1 aromatic rings. The molecule has 4 nitrogen and oxygen atoms in total. The predicted octanol–water partition coefficient (Wildman–Crippen LogP) is 3.58. The van der Waals surface area contributed by atoms with Crippen LogP contribution in [0.3, 0.4) is 0 Å². The molecule has 1 N–H and O–H groups in total. The molecule has 4 unspecified atom stereocenters. The second-order valence-electron chi connectivity index (χ2n) is 8.84. The van der Waals surface area contributed by atoms with Gasteiger partial charge in [0.05, 0.1) is 12.7 Å². The van der Waals surface area contributed by atoms with Crippen LogP contribution in [0.25, 0.3) is 0 Å². The van der Waals surface area contributed by atoms with E-state index in [2.05, 4.69) is 28.9 Å². The second kappa shape index (κ2) is 8.69. The van der Waals surface area contributed by atoms with E-state index in [0.717, 1.165) is 55.6 Å². The number of aliphatic hydroxyl groups excluding tert-OH is 1. The summed E-state index contributed by atoms with van der Waals surface area (Å²) < 4.78 is 5.89. The molecule has 150 valence electrons. The number of anilines is 1. The topological polar surface area (TPSA) is 35.9 Å². The molecule has 1 saturated heterocycles. The van der Waals surface area contributed by atoms with Gasteiger partial charge in [0.25, 0.3) is 0 Å². The van der Waals surface area contributed by atoms with Gasteiger partial charge in [-0.1, -0.05) is 24.1 Å². The lowest BCUT2D eigenvalue weighted by molar-refractivity contribution is -0.00274. The van der Waals surface area contributed by atoms with Crippen LogP contribution in [0.2, 0.25) is 5.02 Å². The minimum Gasteiger partial charge on any atom is -0.389 e. The molecule has 0 aromatic heterocycles. The third-order valence-corrected chi connectivity index (χ3v) is 7.11. The summed E-state index contributed by atoms with van der Waals surface area (Å²) in [5.74, 6) is 2.61. The molecule has 1 aromatic carbocycles. The van der Waals surface area contributed by atoms with E-state index in [-0.39, 0.29) is 6.10 Å². The maximum Gasteiger partial charge on any atom is 0.0900 e. The van der Waals surface area contributed by atoms with Gasteiger partial charge in [0.15, 0.2) is 0 Å². The number of halogens is 1. The van der Waals surface area contributed by atoms with Crippen LogP contribution < -0.4 is 4.90 Å². The Balaban J connectivity index is 1.16. The van der Waals surface area contributed by atoms with Gasteiger partial charge in [0, 0.05) is 50.0 Å². The maximum absolute atomic E-state index is 10.4. The fraction of sp³-hybridized carbons (Fsp3) is 0.727. The molecule has 1 aliphatic heterocycles. The van der Waals surface area contributed by atoms with Crippen molar-refractivity contribution in [1.29, 1.82) is 0 Å². The van der Waals surface area contributed by atoms with Gasteiger partial charge < -0.3 is 14.7 Å². The van der Waals surface area contributed by atoms with Crippen molar-refractivity contribution in [3.63, 3.8) is 0 Å². The summed E-state index contributed by atoms with van der Waals surface area (Å²) in [6, 6.07) is 6.09. The molecule has 27 heavy (non-hydrogen) atoms. The molecule has 4 rings (SSSR count). The standard InChI is InChI=1S/C22H33ClN2O2/c1-16-2-5-20(23)12-22(16)25-8-6-24(7-9-25)13-21(26)15-27-14-19-11-17-3-4-18(19)10-17/h2,5,12,17-19,21,26H,3-4,6-11,13-15H2,1H3. The van der Waals surface area contributed by atoms with Gasteiger partial charge in [-0.15, -0.1) is 0 Å². The lowest BCUT2D eigenvalue weighted by Crippen LogP contribution is -2.49. The van der Waals surface area contributed by atoms with Crippen molar-refractivity contribution in [3.05, 3.63) is 28.8 Å². The largest absolute Gasteiger partial charge is 0.389 e. The molecule has 2 bridgehead atoms. The number of aryl methyl sites for hydroxylation is 1. The Labute approximate surface area is 168 Å². The van der Waals surface area contributed by atoms with Gasteiger partial charge in [-0.2, -0.15) is 0 Å². The minimum atomic E-state index is -0.386. The number of benzene rings is 1. The van der Waals surface area contributed by atoms with Crippen molar-refractivity contribution in [2.24, 2.45) is 17.8 Å². The van der Waals surface area contributed by atoms with Crippen LogP contribution in [0.4, 0.5) is 5.69 Å². The Bertz CT molecular complexity index is 633. The van der Waals surface area contributed by atoms with E-state index in [9.17, 15) is 5.11 Å². The Morgan fingerprint density at radius 1 is 1.19 bits per heavy atom. The third kappa shape index (κ3) is 4.79. The van der Waals surface area contributed by atoms with Crippen LogP contribution in [-0.4, -0.2) is 62.0 Å². The van der Waals surface area contributed by atoms with Crippen LogP contribution in [0.15, 0.2) is 18.2 Å². The number of piperazine rings is 1. The summed E-state index contributed by atoms with van der Waals surface area (Å²) in [6.07, 6.45) is 5.23. The third-order valence-electron chi connectivity index (χ3n) is 6.88. The minimum absolute atomic E-state index is 0.386. The van der Waals surface area contributed by atoms with E-state index in [0.29, 0.717) is 13.2 Å². The van der Waals surface area contributed by atoms with E-state index in [1.54, 1.807) is 0 Å². The Hall–Kier alpha value is -0.810. The molecular weight excluding hydrogens is 360 g/mol. The first kappa shape index (κ1) is 19.5. The summed E-state index contributed by atoms with van der Waals surface area (Å²) in [5, 5.41) is 11.2. The van der Waals surface area contributed by atoms with Gasteiger partial charge in [-0.3, -0.25) is 4.90 Å². The normalized spacial score (nSPS) is 29.4. The first-order valence-corrected chi connectivity index (χ1v) is 11.0. The van der Waals surface area contributed by atoms with Crippen LogP contribution in [0, 0.1) is 24.7 Å². The summed E-state index contributed by atoms with van der Waals surface area (Å²) in [7, 11) is 0. The van der Waals surface area contributed by atoms with Crippen molar-refractivity contribution in [3.8, 4) is 0 Å². The number of nitrogens with zero attached hydrogens (tertiary/aromatic N) is 2. The van der Waals surface area contributed by atoms with Crippen molar-refractivity contribution in [2.45, 2.75) is 38.7 Å². The monoisotopic (exact) mass is 392 g/mol. The van der Waals surface area contributed by atoms with Crippen LogP contribution in [0.1, 0.15) is 31.2 Å². The van der Waals surface area contributed by atoms with Crippen molar-refractivity contribution in [2.75, 3.05) is 50.8 Å². The Morgan fingerprint density at radius 3 is 2.70 bits per heavy atom. The van der Waals surface area contributed by atoms with Gasteiger partial charge >= 0.3 is 0 Å². The molecule has 2 aliphatic carbocycles. The highest BCUT2D eigenvalue weighted by atomic mass is 35.5. The highest BCUT2D eigenvalue weighted by Crippen LogP contribution is 2.48. The zero-order chi connectivity index (χ0) is 18.8. The molecule has 4 atom stereocenters. The highest BCUT2D eigenvalue weighted by Gasteiger charge is 2.39. The molecular formula is C22H33ClN2O2. The molecule has 0 radical (unpaired) electrons. The smallest absolute Gasteiger partial charge is 0.0900 e. The number of aliphatic hydroxyl groups is 1. The average molecular weight is 393 g/mol. The van der Waals surface area contributed by atoms with Crippen LogP contribution >= 0.6 is 11.6 Å². The van der Waals surface area contributed by atoms with Crippen molar-refractivity contribution in [1.82, 2.24) is 4.90 Å². The number of fused-ring (bicyclic) bond motifs is 2. The Kier molecular flexibility index (Phi) is 6.28. The molecule has 5 heteroatoms. The maximum atomic E-state index is 10.4. The van der Waals surface area contributed by atoms with Crippen LogP contribution in [0.5, 0.6) is 0 Å². The van der Waals surface area contributed by atoms with Gasteiger partial charge in [0.1, 0.15) is 0 Å². The lowest BCUT2D eigenvalue weighted by Gasteiger charge is -2.37. The Morgan fingerprint density at radius 2 is 2.00 bits per heavy atom. The highest BCUT2D eigenvalue weighted by molar-refractivity contribution is 6.30. The van der Waals surface area contributed by atoms with E-state index >= 15 is 0 Å². The van der Waals surface area contributed by atoms with E-state index in [1.165, 1.54) is 36.9 Å². The number of ether oxygens (including phenoxy) is 1. The molecule has 3 fully saturated rings. The summed E-state index contributed by atoms with van der Waals surface area (Å²) in [5.41, 5.74) is 2.50. The van der Waals surface area contributed by atoms with Gasteiger partial charge in [0.2, 0.25) is 0 Å². The average Bonchev–Trinajstić information content (AvgIpc) is 3.28. The quantitative estimate of drug-likeness (QED) is 0.769. The van der Waals surface area contributed by atoms with Crippen LogP contribution in [-0.2, 0) is 4.74 Å². The lowest BCUT2D eigenvalue weighted by atomic mass is 9.90. The molecule has 2 saturated carbocycles. The fourth-order valence-electron chi connectivity index (χ4n) is 5.38. The van der Waals surface area contributed by atoms with Crippen molar-refractivity contribution < 1.29 is 9.84 Å². The zero-order valence-corrected chi connectivity index (χ0v) is 17.2. The van der Waals surface area contributed by atoms with Gasteiger partial charge in [-0.05, 0) is 61.6 Å². The first-order chi connectivity index (χ1) is 13.1. The number of rotatable bonds is 7. The number of hydrogen-bond donors (Lipinski definition) is 1. The summed E-state index contributed by atoms with van der Waals surface area (Å²) >= 11 is 6.17. The number of β-amino-alcohol motifs (C(OH)–C–C–N with tert-alkyl or cyclic N) is 1. The second-order valence-corrected chi connectivity index (χ2v) is 9.28. The SMILES string of the molecule is Cc1ccc(Cl)cc1N1CCN(CC(O)COCC2CC3CCC2C3)CC1. The number of hydrogen-bond acceptors (Lipinski definition) is 4. The van der Waals surface area contributed by atoms with E-state index in [1.807, 2.05) is 6.07 Å². The van der Waals surface area contributed by atoms with Crippen molar-refractivity contribution >= 4 is 17.3 Å². The summed E-state index contributed by atoms with van der Waals surface area (Å²) in [6.45, 7) is 8.04. The fourth-order valence-corrected chi connectivity index (χ4v) is 5.55. The molecule has 0 amide bonds. The predicted molar refractivity (Wildman–Crippen MR) is 111 cm³/mol. The molecule has 1 heterocycles. The first-order valence-electron chi connectivity index (χ1n) is 10.6.